The molecule has 3 heterocycles. The fourth-order valence-electron chi connectivity index (χ4n) is 5.53. The molecule has 0 spiro atoms. The van der Waals surface area contributed by atoms with E-state index in [2.05, 4.69) is 15.2 Å². The van der Waals surface area contributed by atoms with Crippen LogP contribution >= 0.6 is 0 Å². The van der Waals surface area contributed by atoms with Crippen molar-refractivity contribution >= 4 is 22.7 Å². The molecule has 0 radical (unpaired) electrons. The van der Waals surface area contributed by atoms with Crippen LogP contribution in [0, 0.1) is 12.8 Å². The van der Waals surface area contributed by atoms with Crippen LogP contribution < -0.4 is 15.5 Å². The van der Waals surface area contributed by atoms with Crippen molar-refractivity contribution in [3.05, 3.63) is 71.4 Å². The second kappa shape index (κ2) is 11.9. The Morgan fingerprint density at radius 3 is 2.63 bits per heavy atom. The van der Waals surface area contributed by atoms with Gasteiger partial charge in [-0.15, -0.1) is 0 Å². The van der Waals surface area contributed by atoms with Crippen LogP contribution in [0.2, 0.25) is 0 Å². The van der Waals surface area contributed by atoms with Crippen LogP contribution in [0.3, 0.4) is 0 Å². The zero-order valence-corrected chi connectivity index (χ0v) is 21.6. The lowest BCUT2D eigenvalue weighted by Crippen LogP contribution is -2.58. The molecule has 2 aliphatic rings. The molecule has 2 amide bonds. The molecule has 0 saturated carbocycles. The van der Waals surface area contributed by atoms with Gasteiger partial charge in [0.05, 0.1) is 17.5 Å². The summed E-state index contributed by atoms with van der Waals surface area (Å²) in [6.45, 7) is 5.10. The summed E-state index contributed by atoms with van der Waals surface area (Å²) in [4.78, 5) is 32.4. The highest BCUT2D eigenvalue weighted by molar-refractivity contribution is 5.95. The molecule has 2 aromatic carbocycles. The molecule has 0 unspecified atom stereocenters. The highest BCUT2D eigenvalue weighted by atomic mass is 16.5. The summed E-state index contributed by atoms with van der Waals surface area (Å²) < 4.78 is 11.5. The molecule has 2 fully saturated rings. The average Bonchev–Trinajstić information content (AvgIpc) is 2.96. The van der Waals surface area contributed by atoms with Gasteiger partial charge < -0.3 is 14.8 Å². The molecular weight excluding hydrogens is 484 g/mol. The van der Waals surface area contributed by atoms with E-state index in [1.807, 2.05) is 37.3 Å². The van der Waals surface area contributed by atoms with Crippen molar-refractivity contribution in [1.82, 2.24) is 20.7 Å². The first-order chi connectivity index (χ1) is 18.5. The quantitative estimate of drug-likeness (QED) is 0.325. The fraction of sp³-hybridized carbons (Fsp3) is 0.414. The summed E-state index contributed by atoms with van der Waals surface area (Å²) in [5.41, 5.74) is 5.17. The van der Waals surface area contributed by atoms with Crippen molar-refractivity contribution in [3.8, 4) is 5.75 Å². The number of hydrogen-bond acceptors (Lipinski definition) is 7. The van der Waals surface area contributed by atoms with E-state index >= 15 is 0 Å². The van der Waals surface area contributed by atoms with E-state index in [0.29, 0.717) is 36.9 Å². The number of para-hydroxylation sites is 1. The van der Waals surface area contributed by atoms with Crippen LogP contribution in [0.15, 0.2) is 54.6 Å². The smallest absolute Gasteiger partial charge is 0.251 e. The van der Waals surface area contributed by atoms with Gasteiger partial charge in [0, 0.05) is 48.0 Å². The Bertz CT molecular complexity index is 1280. The minimum absolute atomic E-state index is 0.262. The van der Waals surface area contributed by atoms with E-state index in [9.17, 15) is 14.8 Å². The Morgan fingerprint density at radius 1 is 1.11 bits per heavy atom. The van der Waals surface area contributed by atoms with E-state index in [1.54, 1.807) is 29.7 Å². The number of hydrogen-bond donors (Lipinski definition) is 3. The Balaban J connectivity index is 1.23. The number of amides is 2. The number of rotatable bonds is 7. The third-order valence-electron chi connectivity index (χ3n) is 7.56. The van der Waals surface area contributed by atoms with Gasteiger partial charge in [-0.05, 0) is 69.1 Å². The van der Waals surface area contributed by atoms with Gasteiger partial charge in [0.2, 0.25) is 5.91 Å². The summed E-state index contributed by atoms with van der Waals surface area (Å²) >= 11 is 0. The molecule has 38 heavy (non-hydrogen) atoms. The van der Waals surface area contributed by atoms with Gasteiger partial charge in [-0.2, -0.15) is 0 Å². The molecule has 200 valence electrons. The molecule has 3 aromatic rings. The predicted octanol–water partition coefficient (Wildman–Crippen LogP) is 3.23. The van der Waals surface area contributed by atoms with Crippen LogP contribution in [0.25, 0.3) is 10.9 Å². The Hall–Kier alpha value is -3.53. The molecule has 5 rings (SSSR count). The lowest BCUT2D eigenvalue weighted by molar-refractivity contribution is -0.136. The third kappa shape index (κ3) is 5.96. The number of nitrogens with one attached hydrogen (secondary N) is 2. The number of ether oxygens (including phenoxy) is 2. The van der Waals surface area contributed by atoms with Gasteiger partial charge in [-0.3, -0.25) is 24.7 Å². The van der Waals surface area contributed by atoms with E-state index < -0.39 is 17.9 Å². The lowest BCUT2D eigenvalue weighted by Gasteiger charge is -2.42. The first-order valence-corrected chi connectivity index (χ1v) is 13.2. The number of likely N-dealkylation sites (tertiary alicyclic amines) is 1. The number of hydroxylamine groups is 1. The van der Waals surface area contributed by atoms with Crippen molar-refractivity contribution in [1.29, 1.82) is 0 Å². The molecule has 2 aliphatic heterocycles. The molecule has 0 bridgehead atoms. The van der Waals surface area contributed by atoms with Crippen LogP contribution in [0.5, 0.6) is 5.75 Å². The summed E-state index contributed by atoms with van der Waals surface area (Å²) in [7, 11) is 0. The second-order valence-corrected chi connectivity index (χ2v) is 10.0. The number of aryl methyl sites for hydroxylation is 1. The minimum atomic E-state index is -0.499. The Morgan fingerprint density at radius 2 is 1.87 bits per heavy atom. The average molecular weight is 519 g/mol. The zero-order valence-electron chi connectivity index (χ0n) is 21.6. The monoisotopic (exact) mass is 518 g/mol. The highest BCUT2D eigenvalue weighted by Crippen LogP contribution is 2.25. The normalized spacial score (nSPS) is 20.7. The van der Waals surface area contributed by atoms with Crippen molar-refractivity contribution < 1.29 is 24.3 Å². The van der Waals surface area contributed by atoms with Crippen molar-refractivity contribution in [2.24, 2.45) is 5.92 Å². The number of carbonyl (C=O) groups excluding carboxylic acids is 2. The first-order valence-electron chi connectivity index (χ1n) is 13.2. The third-order valence-corrected chi connectivity index (χ3v) is 7.56. The van der Waals surface area contributed by atoms with Crippen molar-refractivity contribution in [2.75, 3.05) is 26.3 Å². The molecule has 9 heteroatoms. The van der Waals surface area contributed by atoms with Gasteiger partial charge in [-0.1, -0.05) is 18.2 Å². The maximum absolute atomic E-state index is 13.1. The Kier molecular flexibility index (Phi) is 8.17. The predicted molar refractivity (Wildman–Crippen MR) is 142 cm³/mol. The SMILES string of the molecule is Cc1cc(COc2ccc(C(=O)N[C@@H]3CN(C4CCOCC4)CC[C@@H]3C(=O)NO)cc2)c2ccccc2n1. The number of aromatic nitrogens is 1. The molecule has 1 aromatic heterocycles. The molecule has 3 N–H and O–H groups in total. The van der Waals surface area contributed by atoms with Gasteiger partial charge in [0.25, 0.3) is 5.91 Å². The van der Waals surface area contributed by atoms with Crippen LogP contribution in [-0.2, 0) is 16.1 Å². The second-order valence-electron chi connectivity index (χ2n) is 10.0. The topological polar surface area (TPSA) is 113 Å². The van der Waals surface area contributed by atoms with E-state index in [1.165, 1.54) is 0 Å². The number of pyridine rings is 1. The molecule has 2 atom stereocenters. The van der Waals surface area contributed by atoms with Gasteiger partial charge in [0.15, 0.2) is 0 Å². The van der Waals surface area contributed by atoms with Crippen LogP contribution in [0.1, 0.15) is 40.9 Å². The molecular formula is C29H34N4O5. The van der Waals surface area contributed by atoms with Crippen molar-refractivity contribution in [3.63, 3.8) is 0 Å². The number of fused-ring (bicyclic) bond motifs is 1. The largest absolute Gasteiger partial charge is 0.489 e. The maximum atomic E-state index is 13.1. The summed E-state index contributed by atoms with van der Waals surface area (Å²) in [6, 6.07) is 17.0. The van der Waals surface area contributed by atoms with Crippen molar-refractivity contribution in [2.45, 2.75) is 44.9 Å². The van der Waals surface area contributed by atoms with E-state index in [4.69, 9.17) is 9.47 Å². The first kappa shape index (κ1) is 26.1. The van der Waals surface area contributed by atoms with Gasteiger partial charge in [-0.25, -0.2) is 5.48 Å². The van der Waals surface area contributed by atoms with Crippen LogP contribution in [0.4, 0.5) is 0 Å². The molecule has 2 saturated heterocycles. The maximum Gasteiger partial charge on any atom is 0.251 e. The summed E-state index contributed by atoms with van der Waals surface area (Å²) in [5, 5.41) is 13.3. The zero-order chi connectivity index (χ0) is 26.5. The lowest BCUT2D eigenvalue weighted by atomic mass is 9.88. The highest BCUT2D eigenvalue weighted by Gasteiger charge is 2.37. The standard InChI is InChI=1S/C29H34N4O5/c1-19-16-21(24-4-2-3-5-26(24)30-19)18-38-23-8-6-20(7-9-23)28(34)31-27-17-33(22-11-14-37-15-12-22)13-10-25(27)29(35)32-36/h2-9,16,22,25,27,36H,10-15,17-18H2,1H3,(H,31,34)(H,32,35)/t25-,27+/m0/s1. The minimum Gasteiger partial charge on any atom is -0.489 e. The molecule has 0 aliphatic carbocycles. The van der Waals surface area contributed by atoms with E-state index in [-0.39, 0.29) is 5.91 Å². The van der Waals surface area contributed by atoms with Gasteiger partial charge in [0.1, 0.15) is 12.4 Å². The van der Waals surface area contributed by atoms with E-state index in [0.717, 1.165) is 54.8 Å². The Labute approximate surface area is 222 Å². The molecule has 9 nitrogen and oxygen atoms in total. The number of piperidine rings is 1. The number of carbonyl (C=O) groups is 2. The number of benzene rings is 2. The fourth-order valence-corrected chi connectivity index (χ4v) is 5.53. The summed E-state index contributed by atoms with van der Waals surface area (Å²) in [5.74, 6) is -0.575. The van der Waals surface area contributed by atoms with Crippen LogP contribution in [-0.4, -0.2) is 65.3 Å². The van der Waals surface area contributed by atoms with Gasteiger partial charge >= 0.3 is 0 Å². The summed E-state index contributed by atoms with van der Waals surface area (Å²) in [6.07, 6.45) is 2.44. The number of nitrogens with zero attached hydrogens (tertiary/aromatic N) is 2.